The summed E-state index contributed by atoms with van der Waals surface area (Å²) in [5.41, 5.74) is 3.82. The summed E-state index contributed by atoms with van der Waals surface area (Å²) in [6.45, 7) is 1.56. The quantitative estimate of drug-likeness (QED) is 0.361. The minimum atomic E-state index is -0.702. The summed E-state index contributed by atoms with van der Waals surface area (Å²) >= 11 is 11.1. The van der Waals surface area contributed by atoms with Gasteiger partial charge in [0, 0.05) is 22.8 Å². The number of hydrogen-bond donors (Lipinski definition) is 0. The average molecular weight is 540 g/mol. The summed E-state index contributed by atoms with van der Waals surface area (Å²) in [7, 11) is 0. The molecule has 2 aliphatic heterocycles. The molecule has 1 unspecified atom stereocenters. The van der Waals surface area contributed by atoms with Crippen LogP contribution in [0.5, 0.6) is 0 Å². The number of rotatable bonds is 4. The molecule has 1 atom stereocenters. The molecule has 2 heterocycles. The Morgan fingerprint density at radius 2 is 1.58 bits per heavy atom. The van der Waals surface area contributed by atoms with Crippen LogP contribution in [-0.2, 0) is 4.79 Å². The molecule has 8 heteroatoms. The van der Waals surface area contributed by atoms with E-state index in [0.29, 0.717) is 16.5 Å². The van der Waals surface area contributed by atoms with E-state index in [4.69, 9.17) is 21.8 Å². The Hall–Kier alpha value is -2.61. The first-order chi connectivity index (χ1) is 16.0. The van der Waals surface area contributed by atoms with Crippen LogP contribution in [0, 0.1) is 0 Å². The maximum atomic E-state index is 12.4. The number of nitrogens with zero attached hydrogens (tertiary/aromatic N) is 4. The predicted octanol–water partition coefficient (Wildman–Crippen LogP) is 6.92. The van der Waals surface area contributed by atoms with E-state index in [1.54, 1.807) is 6.92 Å². The van der Waals surface area contributed by atoms with Crippen LogP contribution < -0.4 is 10.0 Å². The molecule has 33 heavy (non-hydrogen) atoms. The monoisotopic (exact) mass is 538 g/mol. The molecule has 5 rings (SSSR count). The highest BCUT2D eigenvalue weighted by molar-refractivity contribution is 9.10. The molecule has 166 valence electrons. The lowest BCUT2D eigenvalue weighted by Crippen LogP contribution is -2.56. The molecule has 3 aromatic rings. The van der Waals surface area contributed by atoms with Crippen molar-refractivity contribution in [3.05, 3.63) is 93.9 Å². The zero-order chi connectivity index (χ0) is 23.0. The first-order valence-corrected chi connectivity index (χ1v) is 12.5. The first-order valence-electron chi connectivity index (χ1n) is 10.5. The van der Waals surface area contributed by atoms with Crippen molar-refractivity contribution in [1.29, 1.82) is 0 Å². The number of para-hydroxylation sites is 1. The highest BCUT2D eigenvalue weighted by atomic mass is 79.9. The summed E-state index contributed by atoms with van der Waals surface area (Å²) in [6.07, 6.45) is 1.44. The number of anilines is 2. The van der Waals surface area contributed by atoms with Crippen LogP contribution in [0.1, 0.15) is 25.3 Å². The fourth-order valence-electron chi connectivity index (χ4n) is 3.97. The Kier molecular flexibility index (Phi) is 6.03. The summed E-state index contributed by atoms with van der Waals surface area (Å²) in [6, 6.07) is 25.7. The number of benzene rings is 3. The third-order valence-corrected chi connectivity index (χ3v) is 7.79. The van der Waals surface area contributed by atoms with Gasteiger partial charge in [-0.3, -0.25) is 4.79 Å². The van der Waals surface area contributed by atoms with Crippen molar-refractivity contribution in [2.45, 2.75) is 24.8 Å². The first kappa shape index (κ1) is 22.2. The van der Waals surface area contributed by atoms with Gasteiger partial charge in [-0.2, -0.15) is 10.2 Å². The number of hydrazone groups is 2. The summed E-state index contributed by atoms with van der Waals surface area (Å²) in [5.74, 6) is -0.0560. The van der Waals surface area contributed by atoms with Crippen LogP contribution in [-0.4, -0.2) is 21.5 Å². The van der Waals surface area contributed by atoms with E-state index in [9.17, 15) is 4.79 Å². The summed E-state index contributed by atoms with van der Waals surface area (Å²) in [5, 5.41) is 15.0. The van der Waals surface area contributed by atoms with Gasteiger partial charge in [0.2, 0.25) is 4.99 Å². The molecule has 0 bridgehead atoms. The van der Waals surface area contributed by atoms with Crippen molar-refractivity contribution in [2.24, 2.45) is 10.2 Å². The van der Waals surface area contributed by atoms with E-state index in [-0.39, 0.29) is 5.78 Å². The number of hydrogen-bond acceptors (Lipinski definition) is 6. The Morgan fingerprint density at radius 3 is 2.24 bits per heavy atom. The van der Waals surface area contributed by atoms with Gasteiger partial charge in [-0.15, -0.1) is 0 Å². The fraction of sp³-hybridized carbons (Fsp3) is 0.160. The van der Waals surface area contributed by atoms with Gasteiger partial charge < -0.3 is 0 Å². The number of thioether (sulfide) groups is 1. The Bertz CT molecular complexity index is 1250. The van der Waals surface area contributed by atoms with Crippen LogP contribution >= 0.6 is 39.3 Å². The van der Waals surface area contributed by atoms with Crippen molar-refractivity contribution in [2.75, 3.05) is 10.0 Å². The van der Waals surface area contributed by atoms with Crippen LogP contribution in [0.2, 0.25) is 5.02 Å². The van der Waals surface area contributed by atoms with Crippen molar-refractivity contribution >= 4 is 67.2 Å². The van der Waals surface area contributed by atoms with E-state index < -0.39 is 4.99 Å². The smallest absolute Gasteiger partial charge is 0.208 e. The van der Waals surface area contributed by atoms with Crippen molar-refractivity contribution in [3.8, 4) is 0 Å². The van der Waals surface area contributed by atoms with E-state index in [1.807, 2.05) is 88.9 Å². The van der Waals surface area contributed by atoms with E-state index in [2.05, 4.69) is 15.9 Å². The Labute approximate surface area is 210 Å². The second-order valence-electron chi connectivity index (χ2n) is 7.80. The maximum absolute atomic E-state index is 12.4. The van der Waals surface area contributed by atoms with E-state index >= 15 is 0 Å². The molecule has 0 saturated carbocycles. The third-order valence-electron chi connectivity index (χ3n) is 5.57. The van der Waals surface area contributed by atoms with E-state index in [0.717, 1.165) is 33.5 Å². The molecule has 0 saturated heterocycles. The molecule has 5 nitrogen and oxygen atoms in total. The number of carbonyl (C=O) groups excluding carboxylic acids is 1. The fourth-order valence-corrected chi connectivity index (χ4v) is 5.61. The lowest BCUT2D eigenvalue weighted by Gasteiger charge is -2.46. The zero-order valence-corrected chi connectivity index (χ0v) is 20.9. The molecule has 0 aliphatic carbocycles. The average Bonchev–Trinajstić information content (AvgIpc) is 3.21. The van der Waals surface area contributed by atoms with Crippen molar-refractivity contribution < 1.29 is 4.79 Å². The normalized spacial score (nSPS) is 20.1. The number of ketones is 1. The SMILES string of the molecule is CC(=O)C1=NN(c2ccc(Br)cc2)C2(CCC(c3ccc(Cl)cc3)=NN2c2ccccc2)S1. The van der Waals surface area contributed by atoms with Gasteiger partial charge in [-0.25, -0.2) is 10.0 Å². The molecule has 1 spiro atoms. The summed E-state index contributed by atoms with van der Waals surface area (Å²) < 4.78 is 0.981. The van der Waals surface area contributed by atoms with Gasteiger partial charge in [0.05, 0.1) is 17.1 Å². The highest BCUT2D eigenvalue weighted by Gasteiger charge is 2.52. The van der Waals surface area contributed by atoms with Crippen LogP contribution in [0.15, 0.2) is 93.5 Å². The molecule has 0 aromatic heterocycles. The number of carbonyl (C=O) groups is 1. The number of Topliss-reactive ketones (excluding diaryl/α,β-unsaturated/α-hetero) is 1. The van der Waals surface area contributed by atoms with E-state index in [1.165, 1.54) is 11.8 Å². The molecular weight excluding hydrogens is 520 g/mol. The molecule has 3 aromatic carbocycles. The van der Waals surface area contributed by atoms with Crippen LogP contribution in [0.4, 0.5) is 11.4 Å². The lowest BCUT2D eigenvalue weighted by molar-refractivity contribution is -0.110. The largest absolute Gasteiger partial charge is 0.292 e. The van der Waals surface area contributed by atoms with Gasteiger partial charge in [-0.05, 0) is 72.3 Å². The van der Waals surface area contributed by atoms with Crippen LogP contribution in [0.3, 0.4) is 0 Å². The lowest BCUT2D eigenvalue weighted by atomic mass is 10.0. The molecule has 0 amide bonds. The maximum Gasteiger partial charge on any atom is 0.208 e. The predicted molar refractivity (Wildman–Crippen MR) is 141 cm³/mol. The zero-order valence-electron chi connectivity index (χ0n) is 17.8. The third kappa shape index (κ3) is 4.21. The second kappa shape index (κ2) is 8.97. The molecule has 2 aliphatic rings. The Morgan fingerprint density at radius 1 is 0.939 bits per heavy atom. The summed E-state index contributed by atoms with van der Waals surface area (Å²) in [4.78, 5) is 11.7. The minimum absolute atomic E-state index is 0.0560. The van der Waals surface area contributed by atoms with Gasteiger partial charge in [0.15, 0.2) is 10.8 Å². The highest BCUT2D eigenvalue weighted by Crippen LogP contribution is 2.50. The van der Waals surface area contributed by atoms with Gasteiger partial charge in [0.1, 0.15) is 0 Å². The second-order valence-corrected chi connectivity index (χ2v) is 10.4. The Balaban J connectivity index is 1.66. The van der Waals surface area contributed by atoms with Crippen LogP contribution in [0.25, 0.3) is 0 Å². The number of halogens is 2. The van der Waals surface area contributed by atoms with Gasteiger partial charge in [-0.1, -0.05) is 57.9 Å². The van der Waals surface area contributed by atoms with Gasteiger partial charge in [0.25, 0.3) is 0 Å². The molecule has 0 fully saturated rings. The van der Waals surface area contributed by atoms with Crippen molar-refractivity contribution in [3.63, 3.8) is 0 Å². The minimum Gasteiger partial charge on any atom is -0.292 e. The van der Waals surface area contributed by atoms with Crippen molar-refractivity contribution in [1.82, 2.24) is 0 Å². The molecular formula is C25H20BrClN4OS. The topological polar surface area (TPSA) is 48.3 Å². The van der Waals surface area contributed by atoms with Gasteiger partial charge >= 0.3 is 0 Å². The standard InChI is InChI=1S/C25H20BrClN4OS/c1-17(32)24-29-31(22-13-9-19(26)10-14-22)25(33-24)16-15-23(18-7-11-20(27)12-8-18)28-30(25)21-5-3-2-4-6-21/h2-14H,15-16H2,1H3. The molecule has 0 radical (unpaired) electrons. The molecule has 0 N–H and O–H groups in total.